The van der Waals surface area contributed by atoms with Crippen LogP contribution < -0.4 is 0 Å². The summed E-state index contributed by atoms with van der Waals surface area (Å²) >= 11 is 0. The Morgan fingerprint density at radius 1 is 1.08 bits per heavy atom. The van der Waals surface area contributed by atoms with Crippen LogP contribution in [-0.4, -0.2) is 6.10 Å². The van der Waals surface area contributed by atoms with Gasteiger partial charge in [-0.3, -0.25) is 0 Å². The number of unbranched alkanes of at least 4 members (excludes halogenated alkanes) is 1. The van der Waals surface area contributed by atoms with E-state index < -0.39 is 0 Å². The van der Waals surface area contributed by atoms with Crippen molar-refractivity contribution in [2.24, 2.45) is 5.92 Å². The second kappa shape index (κ2) is 7.60. The van der Waals surface area contributed by atoms with Crippen molar-refractivity contribution in [2.45, 2.75) is 65.4 Å². The first-order valence-electron chi connectivity index (χ1n) is 5.40. The zero-order valence-corrected chi connectivity index (χ0v) is 8.81. The molecule has 0 saturated heterocycles. The highest BCUT2D eigenvalue weighted by molar-refractivity contribution is 4.62. The van der Waals surface area contributed by atoms with Gasteiger partial charge in [-0.05, 0) is 18.8 Å². The molecule has 0 spiro atoms. The summed E-state index contributed by atoms with van der Waals surface area (Å²) in [6.07, 6.45) is 6.35. The van der Waals surface area contributed by atoms with E-state index in [0.717, 1.165) is 12.8 Å². The van der Waals surface area contributed by atoms with Crippen LogP contribution in [0.15, 0.2) is 0 Å². The number of hydrogen-bond acceptors (Lipinski definition) is 0. The third kappa shape index (κ3) is 5.59. The third-order valence-corrected chi connectivity index (χ3v) is 2.59. The summed E-state index contributed by atoms with van der Waals surface area (Å²) in [5.74, 6) is 0.687. The first kappa shape index (κ1) is 12.0. The Morgan fingerprint density at radius 2 is 1.75 bits per heavy atom. The molecular formula is C11H23O. The van der Waals surface area contributed by atoms with Crippen molar-refractivity contribution < 1.29 is 5.11 Å². The highest BCUT2D eigenvalue weighted by Gasteiger charge is 2.11. The summed E-state index contributed by atoms with van der Waals surface area (Å²) in [4.78, 5) is 0. The minimum atomic E-state index is -0.313. The summed E-state index contributed by atoms with van der Waals surface area (Å²) in [5, 5.41) is 11.2. The van der Waals surface area contributed by atoms with E-state index in [1.54, 1.807) is 0 Å². The first-order valence-corrected chi connectivity index (χ1v) is 5.40. The van der Waals surface area contributed by atoms with E-state index in [9.17, 15) is 5.11 Å². The Morgan fingerprint density at radius 3 is 2.17 bits per heavy atom. The van der Waals surface area contributed by atoms with E-state index in [2.05, 4.69) is 13.8 Å². The lowest BCUT2D eigenvalue weighted by Gasteiger charge is -2.15. The van der Waals surface area contributed by atoms with E-state index in [1.165, 1.54) is 25.7 Å². The maximum Gasteiger partial charge on any atom is 0.0930 e. The van der Waals surface area contributed by atoms with Crippen molar-refractivity contribution in [3.63, 3.8) is 0 Å². The molecule has 2 atom stereocenters. The zero-order valence-electron chi connectivity index (χ0n) is 8.81. The van der Waals surface area contributed by atoms with Crippen LogP contribution in [0.3, 0.4) is 0 Å². The van der Waals surface area contributed by atoms with Crippen molar-refractivity contribution in [1.82, 2.24) is 0 Å². The standard InChI is InChI=1S/C11H23O/c1-4-7-8-10(5-2)9-11(12)6-3/h10-11H,4-9H2,1-3H3. The van der Waals surface area contributed by atoms with E-state index in [-0.39, 0.29) is 6.10 Å². The molecule has 1 radical (unpaired) electrons. The van der Waals surface area contributed by atoms with Crippen molar-refractivity contribution in [3.05, 3.63) is 0 Å². The van der Waals surface area contributed by atoms with Gasteiger partial charge in [-0.1, -0.05) is 46.5 Å². The summed E-state index contributed by atoms with van der Waals surface area (Å²) in [7, 11) is 0. The van der Waals surface area contributed by atoms with Gasteiger partial charge in [-0.25, -0.2) is 5.11 Å². The normalized spacial score (nSPS) is 16.0. The van der Waals surface area contributed by atoms with Crippen LogP contribution in [0.2, 0.25) is 0 Å². The average molecular weight is 171 g/mol. The van der Waals surface area contributed by atoms with Gasteiger partial charge in [0.1, 0.15) is 0 Å². The first-order chi connectivity index (χ1) is 5.74. The van der Waals surface area contributed by atoms with Gasteiger partial charge in [-0.15, -0.1) is 0 Å². The van der Waals surface area contributed by atoms with Crippen molar-refractivity contribution >= 4 is 0 Å². The quantitative estimate of drug-likeness (QED) is 0.555. The van der Waals surface area contributed by atoms with E-state index in [4.69, 9.17) is 0 Å². The molecule has 12 heavy (non-hydrogen) atoms. The van der Waals surface area contributed by atoms with Gasteiger partial charge in [0, 0.05) is 0 Å². The topological polar surface area (TPSA) is 19.9 Å². The van der Waals surface area contributed by atoms with Crippen LogP contribution in [0.4, 0.5) is 0 Å². The molecule has 2 unspecified atom stereocenters. The van der Waals surface area contributed by atoms with Gasteiger partial charge in [0.05, 0.1) is 6.10 Å². The Hall–Kier alpha value is -0.0400. The fourth-order valence-electron chi connectivity index (χ4n) is 1.52. The molecule has 0 bridgehead atoms. The Bertz CT molecular complexity index is 91.0. The molecule has 0 heterocycles. The molecule has 0 aromatic carbocycles. The van der Waals surface area contributed by atoms with Gasteiger partial charge in [-0.2, -0.15) is 0 Å². The molecule has 1 heteroatoms. The van der Waals surface area contributed by atoms with Crippen LogP contribution in [-0.2, 0) is 5.11 Å². The van der Waals surface area contributed by atoms with Crippen LogP contribution in [0.1, 0.15) is 59.3 Å². The molecule has 0 amide bonds. The third-order valence-electron chi connectivity index (χ3n) is 2.59. The van der Waals surface area contributed by atoms with Gasteiger partial charge >= 0.3 is 0 Å². The van der Waals surface area contributed by atoms with Crippen molar-refractivity contribution in [1.29, 1.82) is 0 Å². The largest absolute Gasteiger partial charge is 0.233 e. The molecule has 0 aromatic heterocycles. The molecule has 0 saturated carbocycles. The Balaban J connectivity index is 3.51. The lowest BCUT2D eigenvalue weighted by Crippen LogP contribution is -2.10. The van der Waals surface area contributed by atoms with Gasteiger partial charge in [0.25, 0.3) is 0 Å². The fraction of sp³-hybridized carbons (Fsp3) is 1.00. The van der Waals surface area contributed by atoms with Crippen LogP contribution in [0, 0.1) is 5.92 Å². The maximum atomic E-state index is 11.2. The van der Waals surface area contributed by atoms with Gasteiger partial charge < -0.3 is 0 Å². The molecule has 0 rings (SSSR count). The van der Waals surface area contributed by atoms with E-state index >= 15 is 0 Å². The van der Waals surface area contributed by atoms with Gasteiger partial charge in [0.15, 0.2) is 0 Å². The molecular weight excluding hydrogens is 148 g/mol. The van der Waals surface area contributed by atoms with Crippen LogP contribution >= 0.6 is 0 Å². The van der Waals surface area contributed by atoms with E-state index in [1.807, 2.05) is 6.92 Å². The molecule has 73 valence electrons. The van der Waals surface area contributed by atoms with Crippen LogP contribution in [0.5, 0.6) is 0 Å². The summed E-state index contributed by atoms with van der Waals surface area (Å²) < 4.78 is 0. The van der Waals surface area contributed by atoms with Crippen molar-refractivity contribution in [2.75, 3.05) is 0 Å². The molecule has 0 N–H and O–H groups in total. The molecule has 1 nitrogen and oxygen atoms in total. The lowest BCUT2D eigenvalue weighted by molar-refractivity contribution is 0.0604. The van der Waals surface area contributed by atoms with Crippen LogP contribution in [0.25, 0.3) is 0 Å². The zero-order chi connectivity index (χ0) is 9.40. The predicted molar refractivity (Wildman–Crippen MR) is 52.7 cm³/mol. The number of rotatable bonds is 7. The summed E-state index contributed by atoms with van der Waals surface area (Å²) in [6, 6.07) is 0. The SMILES string of the molecule is CCCCC(CC)CC([O])CC. The molecule has 0 aliphatic carbocycles. The van der Waals surface area contributed by atoms with E-state index in [0.29, 0.717) is 5.92 Å². The number of hydrogen-bond donors (Lipinski definition) is 0. The summed E-state index contributed by atoms with van der Waals surface area (Å²) in [5.41, 5.74) is 0. The highest BCUT2D eigenvalue weighted by Crippen LogP contribution is 2.19. The lowest BCUT2D eigenvalue weighted by atomic mass is 9.92. The summed E-state index contributed by atoms with van der Waals surface area (Å²) in [6.45, 7) is 6.40. The Kier molecular flexibility index (Phi) is 7.58. The van der Waals surface area contributed by atoms with Gasteiger partial charge in [0.2, 0.25) is 0 Å². The average Bonchev–Trinajstić information content (AvgIpc) is 2.11. The smallest absolute Gasteiger partial charge is 0.0930 e. The maximum absolute atomic E-state index is 11.2. The van der Waals surface area contributed by atoms with Crippen molar-refractivity contribution in [3.8, 4) is 0 Å². The predicted octanol–water partition coefficient (Wildman–Crippen LogP) is 3.80. The second-order valence-corrected chi connectivity index (χ2v) is 3.68. The second-order valence-electron chi connectivity index (χ2n) is 3.68. The monoisotopic (exact) mass is 171 g/mol. The Labute approximate surface area is 77.2 Å². The minimum Gasteiger partial charge on any atom is -0.233 e. The molecule has 0 aliphatic heterocycles. The molecule has 0 aliphatic rings. The minimum absolute atomic E-state index is 0.313. The molecule has 0 fully saturated rings. The highest BCUT2D eigenvalue weighted by atomic mass is 16.3. The fourth-order valence-corrected chi connectivity index (χ4v) is 1.52. The molecule has 0 aromatic rings.